The number of nitrogens with zero attached hydrogens (tertiary/aromatic N) is 3. The third kappa shape index (κ3) is 2.83. The maximum absolute atomic E-state index is 13.6. The van der Waals surface area contributed by atoms with Crippen LogP contribution in [-0.4, -0.2) is 20.7 Å². The Bertz CT molecular complexity index is 895. The number of carbonyl (C=O) groups is 1. The quantitative estimate of drug-likeness (QED) is 0.454. The van der Waals surface area contributed by atoms with Gasteiger partial charge in [0.25, 0.3) is 5.91 Å². The average molecular weight is 336 g/mol. The number of hydrogen-bond acceptors (Lipinski definition) is 3. The molecule has 0 aliphatic heterocycles. The van der Waals surface area contributed by atoms with Crippen LogP contribution < -0.4 is 5.32 Å². The number of aromatic nitrogens is 3. The second-order valence-electron chi connectivity index (χ2n) is 4.66. The van der Waals surface area contributed by atoms with Gasteiger partial charge in [0.1, 0.15) is 0 Å². The molecule has 0 spiro atoms. The highest BCUT2D eigenvalue weighted by Crippen LogP contribution is 2.20. The maximum Gasteiger partial charge on any atom is 0.258 e. The van der Waals surface area contributed by atoms with Crippen molar-refractivity contribution >= 4 is 11.6 Å². The number of anilines is 1. The van der Waals surface area contributed by atoms with Crippen LogP contribution in [0.5, 0.6) is 0 Å². The van der Waals surface area contributed by atoms with E-state index in [1.54, 1.807) is 18.5 Å². The molecule has 1 aromatic carbocycles. The summed E-state index contributed by atoms with van der Waals surface area (Å²) >= 11 is 0. The summed E-state index contributed by atoms with van der Waals surface area (Å²) in [5.74, 6) is -8.14. The number of hydrogen-bond donors (Lipinski definition) is 1. The molecule has 0 aliphatic rings. The molecule has 122 valence electrons. The van der Waals surface area contributed by atoms with Crippen LogP contribution in [-0.2, 0) is 0 Å². The molecular weight excluding hydrogens is 328 g/mol. The normalized spacial score (nSPS) is 10.7. The van der Waals surface area contributed by atoms with Crippen LogP contribution in [0.4, 0.5) is 23.2 Å². The molecular formula is C15H8F4N4O. The number of halogens is 4. The summed E-state index contributed by atoms with van der Waals surface area (Å²) in [6, 6.07) is 4.94. The predicted molar refractivity (Wildman–Crippen MR) is 75.6 cm³/mol. The molecule has 0 fully saturated rings. The van der Waals surface area contributed by atoms with Gasteiger partial charge in [0.05, 0.1) is 17.4 Å². The molecule has 24 heavy (non-hydrogen) atoms. The van der Waals surface area contributed by atoms with E-state index >= 15 is 0 Å². The van der Waals surface area contributed by atoms with E-state index in [2.05, 4.69) is 15.4 Å². The highest BCUT2D eigenvalue weighted by atomic mass is 19.2. The van der Waals surface area contributed by atoms with Gasteiger partial charge in [0.15, 0.2) is 29.1 Å². The Morgan fingerprint density at radius 1 is 1.08 bits per heavy atom. The van der Waals surface area contributed by atoms with Gasteiger partial charge in [-0.25, -0.2) is 27.2 Å². The zero-order chi connectivity index (χ0) is 17.3. The zero-order valence-corrected chi connectivity index (χ0v) is 11.8. The predicted octanol–water partition coefficient (Wildman–Crippen LogP) is 3.08. The first-order chi connectivity index (χ1) is 11.5. The molecule has 3 rings (SSSR count). The SMILES string of the molecule is O=C(Nc1ccc(-n2cccn2)nc1)c1cc(F)c(F)c(F)c1F. The van der Waals surface area contributed by atoms with Gasteiger partial charge in [-0.3, -0.25) is 4.79 Å². The van der Waals surface area contributed by atoms with Crippen molar-refractivity contribution in [2.24, 2.45) is 0 Å². The van der Waals surface area contributed by atoms with Crippen molar-refractivity contribution in [2.45, 2.75) is 0 Å². The van der Waals surface area contributed by atoms with Gasteiger partial charge < -0.3 is 5.32 Å². The van der Waals surface area contributed by atoms with Crippen LogP contribution in [0.3, 0.4) is 0 Å². The molecule has 1 N–H and O–H groups in total. The van der Waals surface area contributed by atoms with Gasteiger partial charge in [-0.2, -0.15) is 5.10 Å². The monoisotopic (exact) mass is 336 g/mol. The molecule has 0 saturated heterocycles. The van der Waals surface area contributed by atoms with Crippen molar-refractivity contribution in [3.05, 3.63) is 71.7 Å². The third-order valence-electron chi connectivity index (χ3n) is 3.09. The van der Waals surface area contributed by atoms with Crippen molar-refractivity contribution in [1.82, 2.24) is 14.8 Å². The minimum Gasteiger partial charge on any atom is -0.320 e. The van der Waals surface area contributed by atoms with Gasteiger partial charge in [0, 0.05) is 12.4 Å². The summed E-state index contributed by atoms with van der Waals surface area (Å²) in [6.45, 7) is 0. The Kier molecular flexibility index (Phi) is 3.98. The summed E-state index contributed by atoms with van der Waals surface area (Å²) in [5.41, 5.74) is -0.803. The molecule has 1 amide bonds. The van der Waals surface area contributed by atoms with Crippen LogP contribution in [0.15, 0.2) is 42.9 Å². The Labute approximate surface area is 132 Å². The Hall–Kier alpha value is -3.23. The number of pyridine rings is 1. The highest BCUT2D eigenvalue weighted by Gasteiger charge is 2.23. The first-order valence-electron chi connectivity index (χ1n) is 6.58. The highest BCUT2D eigenvalue weighted by molar-refractivity contribution is 6.04. The lowest BCUT2D eigenvalue weighted by Gasteiger charge is -2.08. The van der Waals surface area contributed by atoms with Crippen molar-refractivity contribution in [3.63, 3.8) is 0 Å². The van der Waals surface area contributed by atoms with Crippen molar-refractivity contribution in [2.75, 3.05) is 5.32 Å². The van der Waals surface area contributed by atoms with E-state index in [9.17, 15) is 22.4 Å². The Balaban J connectivity index is 1.83. The maximum atomic E-state index is 13.6. The van der Waals surface area contributed by atoms with E-state index in [0.29, 0.717) is 5.82 Å². The fourth-order valence-electron chi connectivity index (χ4n) is 1.94. The molecule has 0 unspecified atom stereocenters. The first-order valence-corrected chi connectivity index (χ1v) is 6.58. The van der Waals surface area contributed by atoms with Gasteiger partial charge >= 0.3 is 0 Å². The zero-order valence-electron chi connectivity index (χ0n) is 11.8. The minimum absolute atomic E-state index is 0.153. The molecule has 2 aromatic heterocycles. The second kappa shape index (κ2) is 6.11. The molecule has 0 atom stereocenters. The van der Waals surface area contributed by atoms with Crippen molar-refractivity contribution in [3.8, 4) is 5.82 Å². The summed E-state index contributed by atoms with van der Waals surface area (Å²) in [7, 11) is 0. The fraction of sp³-hybridized carbons (Fsp3) is 0. The van der Waals surface area contributed by atoms with Crippen LogP contribution in [0.2, 0.25) is 0 Å². The summed E-state index contributed by atoms with van der Waals surface area (Å²) in [4.78, 5) is 15.9. The fourth-order valence-corrected chi connectivity index (χ4v) is 1.94. The number of nitrogens with one attached hydrogen (secondary N) is 1. The van der Waals surface area contributed by atoms with Gasteiger partial charge in [-0.05, 0) is 24.3 Å². The van der Waals surface area contributed by atoms with Crippen molar-refractivity contribution in [1.29, 1.82) is 0 Å². The minimum atomic E-state index is -2.05. The van der Waals surface area contributed by atoms with Crippen LogP contribution >= 0.6 is 0 Å². The smallest absolute Gasteiger partial charge is 0.258 e. The Morgan fingerprint density at radius 2 is 1.88 bits per heavy atom. The van der Waals surface area contributed by atoms with E-state index in [0.717, 1.165) is 0 Å². The molecule has 2 heterocycles. The van der Waals surface area contributed by atoms with E-state index in [-0.39, 0.29) is 11.8 Å². The number of carbonyl (C=O) groups excluding carboxylic acids is 1. The molecule has 0 saturated carbocycles. The Morgan fingerprint density at radius 3 is 2.50 bits per heavy atom. The standard InChI is InChI=1S/C15H8F4N4O/c16-10-6-9(12(17)14(19)13(10)18)15(24)22-8-2-3-11(20-7-8)23-5-1-4-21-23/h1-7H,(H,22,24). The lowest BCUT2D eigenvalue weighted by molar-refractivity contribution is 0.102. The number of rotatable bonds is 3. The van der Waals surface area contributed by atoms with E-state index < -0.39 is 34.7 Å². The summed E-state index contributed by atoms with van der Waals surface area (Å²) in [6.07, 6.45) is 4.46. The topological polar surface area (TPSA) is 59.8 Å². The van der Waals surface area contributed by atoms with Gasteiger partial charge in [-0.15, -0.1) is 0 Å². The van der Waals surface area contributed by atoms with Crippen LogP contribution in [0, 0.1) is 23.3 Å². The number of benzene rings is 1. The second-order valence-corrected chi connectivity index (χ2v) is 4.66. The first kappa shape index (κ1) is 15.7. The summed E-state index contributed by atoms with van der Waals surface area (Å²) < 4.78 is 54.3. The molecule has 9 heteroatoms. The van der Waals surface area contributed by atoms with E-state index in [4.69, 9.17) is 0 Å². The lowest BCUT2D eigenvalue weighted by Crippen LogP contribution is -2.16. The molecule has 5 nitrogen and oxygen atoms in total. The van der Waals surface area contributed by atoms with Crippen molar-refractivity contribution < 1.29 is 22.4 Å². The summed E-state index contributed by atoms with van der Waals surface area (Å²) in [5, 5.41) is 6.18. The molecule has 0 aliphatic carbocycles. The van der Waals surface area contributed by atoms with Crippen LogP contribution in [0.25, 0.3) is 5.82 Å². The third-order valence-corrected chi connectivity index (χ3v) is 3.09. The average Bonchev–Trinajstić information content (AvgIpc) is 3.11. The lowest BCUT2D eigenvalue weighted by atomic mass is 10.1. The largest absolute Gasteiger partial charge is 0.320 e. The van der Waals surface area contributed by atoms with Gasteiger partial charge in [0.2, 0.25) is 0 Å². The van der Waals surface area contributed by atoms with E-state index in [1.165, 1.54) is 23.0 Å². The number of amides is 1. The van der Waals surface area contributed by atoms with Gasteiger partial charge in [-0.1, -0.05) is 0 Å². The molecule has 0 bridgehead atoms. The van der Waals surface area contributed by atoms with E-state index in [1.807, 2.05) is 0 Å². The van der Waals surface area contributed by atoms with Crippen LogP contribution in [0.1, 0.15) is 10.4 Å². The molecule has 3 aromatic rings. The molecule has 0 radical (unpaired) electrons.